The molecule has 0 spiro atoms. The summed E-state index contributed by atoms with van der Waals surface area (Å²) in [5.74, 6) is 0.914. The highest BCUT2D eigenvalue weighted by molar-refractivity contribution is 7.89. The number of nitrogens with one attached hydrogen (secondary N) is 1. The lowest BCUT2D eigenvalue weighted by Crippen LogP contribution is -2.44. The van der Waals surface area contributed by atoms with E-state index in [1.54, 1.807) is 12.1 Å². The molecule has 0 atom stereocenters. The van der Waals surface area contributed by atoms with Crippen LogP contribution < -0.4 is 15.2 Å². The van der Waals surface area contributed by atoms with Gasteiger partial charge in [-0.3, -0.25) is 0 Å². The molecule has 3 N–H and O–H groups in total. The fraction of sp³-hybridized carbons (Fsp3) is 0.429. The van der Waals surface area contributed by atoms with Crippen molar-refractivity contribution in [1.82, 2.24) is 14.9 Å². The highest BCUT2D eigenvalue weighted by Crippen LogP contribution is 2.38. The van der Waals surface area contributed by atoms with Crippen LogP contribution in [0.2, 0.25) is 0 Å². The number of nitrogens with two attached hydrogens (primary N) is 1. The maximum absolute atomic E-state index is 12.1. The molecule has 1 heterocycles. The van der Waals surface area contributed by atoms with Crippen molar-refractivity contribution >= 4 is 22.4 Å². The van der Waals surface area contributed by atoms with Gasteiger partial charge in [-0.15, -0.1) is 12.4 Å². The third-order valence-corrected chi connectivity index (χ3v) is 5.52. The maximum atomic E-state index is 12.1. The topological polar surface area (TPSA) is 120 Å². The molecule has 0 unspecified atom stereocenters. The number of sulfonamides is 1. The molecule has 3 rings (SSSR count). The van der Waals surface area contributed by atoms with Crippen LogP contribution >= 0.6 is 12.4 Å². The zero-order chi connectivity index (χ0) is 16.7. The minimum absolute atomic E-state index is 0. The minimum atomic E-state index is -3.68. The second kappa shape index (κ2) is 6.67. The first kappa shape index (κ1) is 18.7. The fourth-order valence-corrected chi connectivity index (χ4v) is 3.37. The van der Waals surface area contributed by atoms with Crippen LogP contribution in [0.1, 0.15) is 25.1 Å². The van der Waals surface area contributed by atoms with Crippen molar-refractivity contribution in [2.75, 3.05) is 14.2 Å². The van der Waals surface area contributed by atoms with Gasteiger partial charge >= 0.3 is 0 Å². The molecule has 1 saturated carbocycles. The summed E-state index contributed by atoms with van der Waals surface area (Å²) in [5, 5.41) is 3.93. The van der Waals surface area contributed by atoms with Gasteiger partial charge in [0.15, 0.2) is 5.82 Å². The lowest BCUT2D eigenvalue weighted by Gasteiger charge is -2.34. The van der Waals surface area contributed by atoms with E-state index in [0.29, 0.717) is 11.4 Å². The molecular formula is C14H19ClN4O4S. The van der Waals surface area contributed by atoms with Gasteiger partial charge in [-0.2, -0.15) is 4.98 Å². The van der Waals surface area contributed by atoms with Crippen molar-refractivity contribution < 1.29 is 17.7 Å². The van der Waals surface area contributed by atoms with E-state index < -0.39 is 15.6 Å². The van der Waals surface area contributed by atoms with Crippen molar-refractivity contribution in [2.45, 2.75) is 29.7 Å². The number of nitrogens with zero attached hydrogens (tertiary/aromatic N) is 2. The molecule has 1 aliphatic carbocycles. The van der Waals surface area contributed by atoms with E-state index in [0.717, 1.165) is 19.3 Å². The summed E-state index contributed by atoms with van der Waals surface area (Å²) in [6.45, 7) is 0. The van der Waals surface area contributed by atoms with Crippen LogP contribution in [0.5, 0.6) is 5.75 Å². The van der Waals surface area contributed by atoms with Gasteiger partial charge in [0.1, 0.15) is 10.6 Å². The summed E-state index contributed by atoms with van der Waals surface area (Å²) in [6.07, 6.45) is 2.66. The van der Waals surface area contributed by atoms with Crippen molar-refractivity contribution in [2.24, 2.45) is 5.73 Å². The highest BCUT2D eigenvalue weighted by atomic mass is 35.5. The molecule has 132 valence electrons. The first-order chi connectivity index (χ1) is 10.9. The van der Waals surface area contributed by atoms with Gasteiger partial charge in [0.2, 0.25) is 10.0 Å². The smallest absolute Gasteiger partial charge is 0.258 e. The van der Waals surface area contributed by atoms with Crippen LogP contribution in [0.25, 0.3) is 11.5 Å². The first-order valence-electron chi connectivity index (χ1n) is 7.15. The van der Waals surface area contributed by atoms with Crippen molar-refractivity contribution in [3.05, 3.63) is 24.0 Å². The second-order valence-corrected chi connectivity index (χ2v) is 7.36. The van der Waals surface area contributed by atoms with Crippen LogP contribution in [-0.4, -0.2) is 32.7 Å². The molecular weight excluding hydrogens is 356 g/mol. The fourth-order valence-electron chi connectivity index (χ4n) is 2.45. The van der Waals surface area contributed by atoms with Crippen molar-refractivity contribution in [1.29, 1.82) is 0 Å². The van der Waals surface area contributed by atoms with Gasteiger partial charge in [-0.1, -0.05) is 5.16 Å². The Morgan fingerprint density at radius 2 is 2.08 bits per heavy atom. The summed E-state index contributed by atoms with van der Waals surface area (Å²) >= 11 is 0. The minimum Gasteiger partial charge on any atom is -0.495 e. The predicted octanol–water partition coefficient (Wildman–Crippen LogP) is 1.41. The number of methoxy groups -OCH3 is 1. The molecule has 0 saturated heterocycles. The highest BCUT2D eigenvalue weighted by Gasteiger charge is 2.39. The van der Waals surface area contributed by atoms with Crippen LogP contribution in [-0.2, 0) is 15.6 Å². The largest absolute Gasteiger partial charge is 0.495 e. The number of benzene rings is 1. The summed E-state index contributed by atoms with van der Waals surface area (Å²) in [4.78, 5) is 4.33. The predicted molar refractivity (Wildman–Crippen MR) is 89.5 cm³/mol. The van der Waals surface area contributed by atoms with Gasteiger partial charge in [-0.05, 0) is 44.5 Å². The molecule has 0 radical (unpaired) electrons. The summed E-state index contributed by atoms with van der Waals surface area (Å²) in [5.41, 5.74) is 6.12. The molecule has 24 heavy (non-hydrogen) atoms. The number of rotatable bonds is 5. The summed E-state index contributed by atoms with van der Waals surface area (Å²) in [6, 6.07) is 4.64. The van der Waals surface area contributed by atoms with Crippen molar-refractivity contribution in [3.63, 3.8) is 0 Å². The zero-order valence-corrected chi connectivity index (χ0v) is 14.9. The standard InChI is InChI=1S/C14H18N4O4S.ClH/c1-16-23(19,20)11-8-9(4-5-10(11)21-2)12-17-13(18-22-12)14(15)6-3-7-14;/h4-5,8,16H,3,6-7,15H2,1-2H3;1H. The van der Waals surface area contributed by atoms with Gasteiger partial charge in [0.25, 0.3) is 5.89 Å². The van der Waals surface area contributed by atoms with E-state index in [2.05, 4.69) is 14.9 Å². The average molecular weight is 375 g/mol. The Labute approximate surface area is 146 Å². The first-order valence-corrected chi connectivity index (χ1v) is 8.63. The molecule has 10 heteroatoms. The Balaban J connectivity index is 0.00000208. The number of hydrogen-bond donors (Lipinski definition) is 2. The summed E-state index contributed by atoms with van der Waals surface area (Å²) < 4.78 is 36.8. The Bertz CT molecular complexity index is 833. The Morgan fingerprint density at radius 3 is 2.62 bits per heavy atom. The Kier molecular flexibility index (Phi) is 5.19. The Hall–Kier alpha value is -1.68. The lowest BCUT2D eigenvalue weighted by atomic mass is 9.77. The van der Waals surface area contributed by atoms with E-state index >= 15 is 0 Å². The second-order valence-electron chi connectivity index (χ2n) is 5.51. The summed E-state index contributed by atoms with van der Waals surface area (Å²) in [7, 11) is -0.936. The van der Waals surface area contributed by atoms with Gasteiger partial charge in [-0.25, -0.2) is 13.1 Å². The molecule has 1 aromatic carbocycles. The molecule has 0 aliphatic heterocycles. The maximum Gasteiger partial charge on any atom is 0.258 e. The third kappa shape index (κ3) is 3.12. The molecule has 0 bridgehead atoms. The third-order valence-electron chi connectivity index (χ3n) is 4.09. The van der Waals surface area contributed by atoms with Crippen molar-refractivity contribution in [3.8, 4) is 17.2 Å². The SMILES string of the molecule is CNS(=O)(=O)c1cc(-c2nc(C3(N)CCC3)no2)ccc1OC.Cl. The van der Waals surface area contributed by atoms with Crippen LogP contribution in [0.4, 0.5) is 0 Å². The van der Waals surface area contributed by atoms with Gasteiger partial charge in [0.05, 0.1) is 12.6 Å². The average Bonchev–Trinajstić information content (AvgIpc) is 3.02. The van der Waals surface area contributed by atoms with Crippen LogP contribution in [0, 0.1) is 0 Å². The molecule has 1 fully saturated rings. The van der Waals surface area contributed by atoms with Crippen LogP contribution in [0.3, 0.4) is 0 Å². The van der Waals surface area contributed by atoms with Gasteiger partial charge < -0.3 is 15.0 Å². The van der Waals surface area contributed by atoms with E-state index in [-0.39, 0.29) is 28.9 Å². The normalized spacial score (nSPS) is 16.1. The molecule has 0 amide bonds. The monoisotopic (exact) mass is 374 g/mol. The van der Waals surface area contributed by atoms with Crippen LogP contribution in [0.15, 0.2) is 27.6 Å². The molecule has 8 nitrogen and oxygen atoms in total. The van der Waals surface area contributed by atoms with E-state index in [4.69, 9.17) is 15.0 Å². The zero-order valence-electron chi connectivity index (χ0n) is 13.3. The lowest BCUT2D eigenvalue weighted by molar-refractivity contribution is 0.229. The molecule has 2 aromatic rings. The number of aromatic nitrogens is 2. The quantitative estimate of drug-likeness (QED) is 0.811. The number of ether oxygens (including phenoxy) is 1. The van der Waals surface area contributed by atoms with E-state index in [1.165, 1.54) is 20.2 Å². The van der Waals surface area contributed by atoms with E-state index in [1.807, 2.05) is 0 Å². The number of halogens is 1. The van der Waals surface area contributed by atoms with E-state index in [9.17, 15) is 8.42 Å². The van der Waals surface area contributed by atoms with Gasteiger partial charge in [0, 0.05) is 5.56 Å². The Morgan fingerprint density at radius 1 is 1.38 bits per heavy atom. The molecule has 1 aliphatic rings. The number of hydrogen-bond acceptors (Lipinski definition) is 7. The molecule has 1 aromatic heterocycles.